The third kappa shape index (κ3) is 3.42. The molecular weight excluding hydrogens is 258 g/mol. The van der Waals surface area contributed by atoms with E-state index >= 15 is 0 Å². The molecule has 0 aromatic heterocycles. The molecule has 2 aliphatic rings. The van der Waals surface area contributed by atoms with Crippen molar-refractivity contribution in [2.75, 3.05) is 13.2 Å². The third-order valence-electron chi connectivity index (χ3n) is 5.09. The standard InChI is InChI=1S/C19H29NO/c1-2-20-18(15-9-5-3-4-6-10-15)17-13-7-11-16-12-8-14-21-19(16)17/h7,11,13,15,18,20H,2-6,8-10,12,14H2,1H3. The Morgan fingerprint density at radius 3 is 2.71 bits per heavy atom. The van der Waals surface area contributed by atoms with Crippen LogP contribution in [-0.4, -0.2) is 13.2 Å². The molecule has 2 nitrogen and oxygen atoms in total. The molecule has 2 heteroatoms. The van der Waals surface area contributed by atoms with Crippen LogP contribution in [-0.2, 0) is 6.42 Å². The van der Waals surface area contributed by atoms with Gasteiger partial charge < -0.3 is 10.1 Å². The number of fused-ring (bicyclic) bond motifs is 1. The lowest BCUT2D eigenvalue weighted by Gasteiger charge is -2.31. The van der Waals surface area contributed by atoms with E-state index in [1.54, 1.807) is 0 Å². The maximum absolute atomic E-state index is 6.06. The first kappa shape index (κ1) is 14.9. The van der Waals surface area contributed by atoms with Gasteiger partial charge in [-0.25, -0.2) is 0 Å². The van der Waals surface area contributed by atoms with Crippen molar-refractivity contribution in [2.24, 2.45) is 5.92 Å². The van der Waals surface area contributed by atoms with Crippen molar-refractivity contribution in [1.29, 1.82) is 0 Å². The highest BCUT2D eigenvalue weighted by Crippen LogP contribution is 2.40. The van der Waals surface area contributed by atoms with Gasteiger partial charge in [-0.2, -0.15) is 0 Å². The van der Waals surface area contributed by atoms with Crippen molar-refractivity contribution < 1.29 is 4.74 Å². The van der Waals surface area contributed by atoms with Gasteiger partial charge in [0.25, 0.3) is 0 Å². The van der Waals surface area contributed by atoms with E-state index in [1.165, 1.54) is 61.8 Å². The molecule has 1 aliphatic carbocycles. The zero-order valence-corrected chi connectivity index (χ0v) is 13.4. The molecule has 116 valence electrons. The zero-order chi connectivity index (χ0) is 14.5. The van der Waals surface area contributed by atoms with Crippen molar-refractivity contribution in [1.82, 2.24) is 5.32 Å². The zero-order valence-electron chi connectivity index (χ0n) is 13.4. The van der Waals surface area contributed by atoms with Gasteiger partial charge in [0.2, 0.25) is 0 Å². The number of nitrogens with one attached hydrogen (secondary N) is 1. The summed E-state index contributed by atoms with van der Waals surface area (Å²) in [6.45, 7) is 4.14. The largest absolute Gasteiger partial charge is 0.493 e. The van der Waals surface area contributed by atoms with E-state index in [1.807, 2.05) is 0 Å². The van der Waals surface area contributed by atoms with E-state index in [9.17, 15) is 0 Å². The van der Waals surface area contributed by atoms with Crippen LogP contribution in [0.15, 0.2) is 18.2 Å². The fraction of sp³-hybridized carbons (Fsp3) is 0.684. The minimum atomic E-state index is 0.473. The maximum atomic E-state index is 6.06. The molecule has 1 unspecified atom stereocenters. The molecule has 1 aromatic carbocycles. The normalized spacial score (nSPS) is 21.2. The van der Waals surface area contributed by atoms with Gasteiger partial charge in [-0.3, -0.25) is 0 Å². The van der Waals surface area contributed by atoms with Crippen molar-refractivity contribution in [3.8, 4) is 5.75 Å². The van der Waals surface area contributed by atoms with E-state index in [-0.39, 0.29) is 0 Å². The SMILES string of the molecule is CCNC(c1cccc2c1OCCC2)C1CCCCCC1. The van der Waals surface area contributed by atoms with Crippen LogP contribution in [0, 0.1) is 5.92 Å². The molecule has 1 fully saturated rings. The number of benzene rings is 1. The monoisotopic (exact) mass is 287 g/mol. The first-order valence-corrected chi connectivity index (χ1v) is 8.88. The predicted molar refractivity (Wildman–Crippen MR) is 87.9 cm³/mol. The lowest BCUT2D eigenvalue weighted by atomic mass is 9.85. The highest BCUT2D eigenvalue weighted by molar-refractivity contribution is 5.44. The van der Waals surface area contributed by atoms with E-state index in [2.05, 4.69) is 30.4 Å². The molecule has 0 amide bonds. The van der Waals surface area contributed by atoms with Crippen LogP contribution >= 0.6 is 0 Å². The smallest absolute Gasteiger partial charge is 0.127 e. The molecule has 3 rings (SSSR count). The van der Waals surface area contributed by atoms with E-state index in [4.69, 9.17) is 4.74 Å². The topological polar surface area (TPSA) is 21.3 Å². The maximum Gasteiger partial charge on any atom is 0.127 e. The van der Waals surface area contributed by atoms with Crippen LogP contribution < -0.4 is 10.1 Å². The van der Waals surface area contributed by atoms with Gasteiger partial charge in [0.15, 0.2) is 0 Å². The summed E-state index contributed by atoms with van der Waals surface area (Å²) in [6, 6.07) is 7.24. The summed E-state index contributed by atoms with van der Waals surface area (Å²) in [6.07, 6.45) is 10.7. The second-order valence-corrected chi connectivity index (χ2v) is 6.57. The predicted octanol–water partition coefficient (Wildman–Crippen LogP) is 4.63. The molecule has 1 aliphatic heterocycles. The van der Waals surface area contributed by atoms with Gasteiger partial charge in [-0.15, -0.1) is 0 Å². The van der Waals surface area contributed by atoms with E-state index in [0.29, 0.717) is 6.04 Å². The molecule has 1 heterocycles. The number of hydrogen-bond acceptors (Lipinski definition) is 2. The molecule has 1 aromatic rings. The Balaban J connectivity index is 1.89. The molecule has 0 bridgehead atoms. The third-order valence-corrected chi connectivity index (χ3v) is 5.09. The Hall–Kier alpha value is -1.02. The Labute approximate surface area is 129 Å². The van der Waals surface area contributed by atoms with Crippen molar-refractivity contribution in [3.63, 3.8) is 0 Å². The summed E-state index contributed by atoms with van der Waals surface area (Å²) in [5.74, 6) is 1.96. The van der Waals surface area contributed by atoms with Crippen LogP contribution in [0.3, 0.4) is 0 Å². The highest BCUT2D eigenvalue weighted by atomic mass is 16.5. The average Bonchev–Trinajstić information content (AvgIpc) is 2.81. The number of aryl methyl sites for hydroxylation is 1. The van der Waals surface area contributed by atoms with Gasteiger partial charge in [-0.1, -0.05) is 50.8 Å². The minimum Gasteiger partial charge on any atom is -0.493 e. The number of ether oxygens (including phenoxy) is 1. The molecular formula is C19H29NO. The van der Waals surface area contributed by atoms with Crippen LogP contribution in [0.2, 0.25) is 0 Å². The minimum absolute atomic E-state index is 0.473. The fourth-order valence-electron chi connectivity index (χ4n) is 4.05. The second-order valence-electron chi connectivity index (χ2n) is 6.57. The van der Waals surface area contributed by atoms with E-state index in [0.717, 1.165) is 25.5 Å². The summed E-state index contributed by atoms with van der Waals surface area (Å²) in [5.41, 5.74) is 2.83. The molecule has 0 spiro atoms. The molecule has 1 N–H and O–H groups in total. The van der Waals surface area contributed by atoms with Gasteiger partial charge in [-0.05, 0) is 43.7 Å². The summed E-state index contributed by atoms with van der Waals surface area (Å²) in [7, 11) is 0. The lowest BCUT2D eigenvalue weighted by molar-refractivity contribution is 0.268. The van der Waals surface area contributed by atoms with Crippen LogP contribution in [0.25, 0.3) is 0 Å². The molecule has 1 saturated carbocycles. The number of para-hydroxylation sites is 1. The quantitative estimate of drug-likeness (QED) is 0.815. The highest BCUT2D eigenvalue weighted by Gasteiger charge is 2.27. The van der Waals surface area contributed by atoms with Crippen molar-refractivity contribution in [2.45, 2.75) is 64.3 Å². The van der Waals surface area contributed by atoms with Gasteiger partial charge >= 0.3 is 0 Å². The second kappa shape index (κ2) is 7.31. The van der Waals surface area contributed by atoms with Crippen molar-refractivity contribution >= 4 is 0 Å². The Bertz CT molecular complexity index is 449. The number of hydrogen-bond donors (Lipinski definition) is 1. The fourth-order valence-corrected chi connectivity index (χ4v) is 4.05. The first-order valence-electron chi connectivity index (χ1n) is 8.88. The average molecular weight is 287 g/mol. The summed E-state index contributed by atoms with van der Waals surface area (Å²) < 4.78 is 6.06. The molecule has 0 saturated heterocycles. The Morgan fingerprint density at radius 1 is 1.14 bits per heavy atom. The van der Waals surface area contributed by atoms with Crippen LogP contribution in [0.5, 0.6) is 5.75 Å². The Kier molecular flexibility index (Phi) is 5.18. The lowest BCUT2D eigenvalue weighted by Crippen LogP contribution is -2.29. The summed E-state index contributed by atoms with van der Waals surface area (Å²) in [4.78, 5) is 0. The molecule has 0 radical (unpaired) electrons. The van der Waals surface area contributed by atoms with Gasteiger partial charge in [0.05, 0.1) is 6.61 Å². The van der Waals surface area contributed by atoms with Crippen molar-refractivity contribution in [3.05, 3.63) is 29.3 Å². The first-order chi connectivity index (χ1) is 10.4. The Morgan fingerprint density at radius 2 is 1.95 bits per heavy atom. The van der Waals surface area contributed by atoms with Gasteiger partial charge in [0.1, 0.15) is 5.75 Å². The molecule has 1 atom stereocenters. The molecule has 21 heavy (non-hydrogen) atoms. The van der Waals surface area contributed by atoms with Crippen LogP contribution in [0.1, 0.15) is 69.0 Å². The van der Waals surface area contributed by atoms with Gasteiger partial charge in [0, 0.05) is 11.6 Å². The summed E-state index contributed by atoms with van der Waals surface area (Å²) in [5, 5.41) is 3.77. The summed E-state index contributed by atoms with van der Waals surface area (Å²) >= 11 is 0. The van der Waals surface area contributed by atoms with E-state index < -0.39 is 0 Å². The van der Waals surface area contributed by atoms with Crippen LogP contribution in [0.4, 0.5) is 0 Å². The number of rotatable bonds is 4.